The molecule has 0 spiro atoms. The molecule has 1 aromatic carbocycles. The molecule has 2 atom stereocenters. The Bertz CT molecular complexity index is 733. The average molecular weight is 467 g/mol. The van der Waals surface area contributed by atoms with Gasteiger partial charge in [0.25, 0.3) is 0 Å². The molecule has 0 bridgehead atoms. The molecule has 0 radical (unpaired) electrons. The summed E-state index contributed by atoms with van der Waals surface area (Å²) in [4.78, 5) is 24.1. The van der Waals surface area contributed by atoms with Gasteiger partial charge < -0.3 is 19.3 Å². The van der Waals surface area contributed by atoms with Crippen LogP contribution < -0.4 is 9.47 Å². The number of aliphatic hydroxyl groups is 1. The molecule has 0 aliphatic carbocycles. The van der Waals surface area contributed by atoms with E-state index in [9.17, 15) is 14.7 Å². The third kappa shape index (κ3) is 8.66. The van der Waals surface area contributed by atoms with Gasteiger partial charge in [0.05, 0.1) is 13.2 Å². The molecule has 0 saturated carbocycles. The number of esters is 1. The van der Waals surface area contributed by atoms with E-state index in [2.05, 4.69) is 0 Å². The predicted molar refractivity (Wildman–Crippen MR) is 128 cm³/mol. The van der Waals surface area contributed by atoms with Crippen LogP contribution in [0.3, 0.4) is 0 Å². The molecular weight excluding hydrogens is 428 g/mol. The number of ether oxygens (including phenoxy) is 3. The second-order valence-electron chi connectivity index (χ2n) is 8.47. The molecule has 0 fully saturated rings. The number of benzene rings is 1. The Labute approximate surface area is 196 Å². The molecule has 7 heteroatoms. The minimum absolute atomic E-state index is 0.239. The van der Waals surface area contributed by atoms with Crippen LogP contribution in [0.2, 0.25) is 0 Å². The third-order valence-electron chi connectivity index (χ3n) is 5.73. The van der Waals surface area contributed by atoms with Gasteiger partial charge in [-0.1, -0.05) is 32.1 Å². The zero-order chi connectivity index (χ0) is 23.3. The molecule has 0 saturated heterocycles. The zero-order valence-corrected chi connectivity index (χ0v) is 20.5. The molecule has 6 nitrogen and oxygen atoms in total. The van der Waals surface area contributed by atoms with E-state index in [4.69, 9.17) is 14.2 Å². The van der Waals surface area contributed by atoms with Crippen LogP contribution >= 0.6 is 11.8 Å². The number of thioether (sulfide) groups is 1. The first-order valence-corrected chi connectivity index (χ1v) is 13.1. The maximum atomic E-state index is 12.4. The van der Waals surface area contributed by atoms with Crippen LogP contribution in [-0.2, 0) is 9.53 Å². The number of carbonyl (C=O) groups is 2. The van der Waals surface area contributed by atoms with E-state index in [1.165, 1.54) is 0 Å². The summed E-state index contributed by atoms with van der Waals surface area (Å²) in [6, 6.07) is 3.66. The lowest BCUT2D eigenvalue weighted by Gasteiger charge is -2.13. The monoisotopic (exact) mass is 466 g/mol. The van der Waals surface area contributed by atoms with Crippen LogP contribution in [-0.4, -0.2) is 42.3 Å². The van der Waals surface area contributed by atoms with Gasteiger partial charge in [-0.3, -0.25) is 4.79 Å². The molecular formula is C25H38O6S. The van der Waals surface area contributed by atoms with Crippen molar-refractivity contribution in [3.05, 3.63) is 23.3 Å². The first-order valence-electron chi connectivity index (χ1n) is 11.7. The van der Waals surface area contributed by atoms with E-state index in [-0.39, 0.29) is 17.9 Å². The normalized spacial score (nSPS) is 15.9. The van der Waals surface area contributed by atoms with Crippen LogP contribution in [0.5, 0.6) is 11.5 Å². The second-order valence-corrected chi connectivity index (χ2v) is 9.29. The second kappa shape index (κ2) is 14.4. The zero-order valence-electron chi connectivity index (χ0n) is 19.7. The van der Waals surface area contributed by atoms with Gasteiger partial charge in [0.2, 0.25) is 0 Å². The Balaban J connectivity index is 1.66. The Morgan fingerprint density at radius 2 is 1.81 bits per heavy atom. The van der Waals surface area contributed by atoms with Gasteiger partial charge in [0, 0.05) is 24.5 Å². The summed E-state index contributed by atoms with van der Waals surface area (Å²) in [5.74, 6) is 1.69. The largest absolute Gasteiger partial charge is 0.496 e. The number of cyclic esters (lactones) is 1. The summed E-state index contributed by atoms with van der Waals surface area (Å²) in [6.45, 7) is 1.72. The smallest absolute Gasteiger partial charge is 0.342 e. The summed E-state index contributed by atoms with van der Waals surface area (Å²) in [5, 5.41) is 9.22. The summed E-state index contributed by atoms with van der Waals surface area (Å²) in [7, 11) is 1.56. The highest BCUT2D eigenvalue weighted by Gasteiger charge is 2.34. The highest BCUT2D eigenvalue weighted by molar-refractivity contribution is 7.98. The van der Waals surface area contributed by atoms with Crippen molar-refractivity contribution in [2.75, 3.05) is 19.3 Å². The van der Waals surface area contributed by atoms with Gasteiger partial charge in [-0.25, -0.2) is 4.79 Å². The Hall–Kier alpha value is -1.73. The molecule has 0 aromatic heterocycles. The SMILES string of the molecule is COc1cc(OCSC)cc2c1C(=O)OC2CCCCCCCCCC(=O)CCC(C)O. The van der Waals surface area contributed by atoms with Crippen LogP contribution in [0.1, 0.15) is 99.6 Å². The van der Waals surface area contributed by atoms with E-state index in [0.29, 0.717) is 42.3 Å². The maximum Gasteiger partial charge on any atom is 0.342 e. The van der Waals surface area contributed by atoms with Crippen molar-refractivity contribution in [1.29, 1.82) is 0 Å². The molecule has 32 heavy (non-hydrogen) atoms. The van der Waals surface area contributed by atoms with Crippen molar-refractivity contribution >= 4 is 23.5 Å². The summed E-state index contributed by atoms with van der Waals surface area (Å²) >= 11 is 1.59. The number of hydrogen-bond donors (Lipinski definition) is 1. The number of ketones is 1. The first kappa shape index (κ1) is 26.5. The Kier molecular flexibility index (Phi) is 12.0. The number of fused-ring (bicyclic) bond motifs is 1. The number of Topliss-reactive ketones (excluding diaryl/α,β-unsaturated/α-hetero) is 1. The van der Waals surface area contributed by atoms with Gasteiger partial charge in [-0.2, -0.15) is 0 Å². The number of methoxy groups -OCH3 is 1. The number of hydrogen-bond acceptors (Lipinski definition) is 7. The number of carbonyl (C=O) groups excluding carboxylic acids is 2. The number of rotatable bonds is 17. The van der Waals surface area contributed by atoms with Crippen molar-refractivity contribution in [3.8, 4) is 11.5 Å². The molecule has 180 valence electrons. The minimum Gasteiger partial charge on any atom is -0.496 e. The van der Waals surface area contributed by atoms with Gasteiger partial charge in [0.15, 0.2) is 0 Å². The molecule has 2 rings (SSSR count). The molecule has 1 N–H and O–H groups in total. The topological polar surface area (TPSA) is 82.1 Å². The van der Waals surface area contributed by atoms with E-state index < -0.39 is 6.10 Å². The van der Waals surface area contributed by atoms with E-state index in [0.717, 1.165) is 56.9 Å². The van der Waals surface area contributed by atoms with Gasteiger partial charge in [-0.05, 0) is 44.9 Å². The molecule has 2 unspecified atom stereocenters. The van der Waals surface area contributed by atoms with E-state index in [1.54, 1.807) is 31.9 Å². The predicted octanol–water partition coefficient (Wildman–Crippen LogP) is 5.85. The number of aliphatic hydroxyl groups excluding tert-OH is 1. The summed E-state index contributed by atoms with van der Waals surface area (Å²) in [6.07, 6.45) is 11.4. The average Bonchev–Trinajstić information content (AvgIpc) is 3.09. The van der Waals surface area contributed by atoms with Crippen molar-refractivity contribution in [2.45, 2.75) is 89.8 Å². The fraction of sp³-hybridized carbons (Fsp3) is 0.680. The molecule has 1 aliphatic rings. The number of unbranched alkanes of at least 4 members (excludes halogenated alkanes) is 6. The van der Waals surface area contributed by atoms with Crippen molar-refractivity contribution in [2.24, 2.45) is 0 Å². The van der Waals surface area contributed by atoms with E-state index in [1.807, 2.05) is 12.3 Å². The third-order valence-corrected chi connectivity index (χ3v) is 6.09. The highest BCUT2D eigenvalue weighted by atomic mass is 32.2. The summed E-state index contributed by atoms with van der Waals surface area (Å²) in [5.41, 5.74) is 1.39. The minimum atomic E-state index is -0.391. The van der Waals surface area contributed by atoms with Gasteiger partial charge >= 0.3 is 5.97 Å². The van der Waals surface area contributed by atoms with Gasteiger partial charge in [-0.15, -0.1) is 11.8 Å². The lowest BCUT2D eigenvalue weighted by atomic mass is 9.98. The quantitative estimate of drug-likeness (QED) is 0.175. The van der Waals surface area contributed by atoms with Crippen LogP contribution in [0.15, 0.2) is 12.1 Å². The Morgan fingerprint density at radius 3 is 2.47 bits per heavy atom. The maximum absolute atomic E-state index is 12.4. The lowest BCUT2D eigenvalue weighted by molar-refractivity contribution is -0.119. The van der Waals surface area contributed by atoms with Crippen molar-refractivity contribution in [1.82, 2.24) is 0 Å². The Morgan fingerprint density at radius 1 is 1.12 bits per heavy atom. The molecule has 1 aliphatic heterocycles. The first-order chi connectivity index (χ1) is 15.5. The molecule has 1 aromatic rings. The van der Waals surface area contributed by atoms with Crippen LogP contribution in [0.25, 0.3) is 0 Å². The lowest BCUT2D eigenvalue weighted by Crippen LogP contribution is -2.05. The standard InChI is InChI=1S/C25H38O6S/c1-18(26)13-14-19(27)11-9-7-5-4-6-8-10-12-22-21-15-20(30-17-32-3)16-23(29-2)24(21)25(28)31-22/h15-16,18,22,26H,4-14,17H2,1-3H3. The fourth-order valence-corrected chi connectivity index (χ4v) is 4.21. The van der Waals surface area contributed by atoms with Crippen molar-refractivity contribution < 1.29 is 28.9 Å². The summed E-state index contributed by atoms with van der Waals surface area (Å²) < 4.78 is 16.7. The van der Waals surface area contributed by atoms with E-state index >= 15 is 0 Å². The van der Waals surface area contributed by atoms with Crippen LogP contribution in [0, 0.1) is 0 Å². The van der Waals surface area contributed by atoms with Crippen LogP contribution in [0.4, 0.5) is 0 Å². The molecule has 0 amide bonds. The molecule has 1 heterocycles. The van der Waals surface area contributed by atoms with Gasteiger partial charge in [0.1, 0.15) is 34.9 Å². The van der Waals surface area contributed by atoms with Crippen molar-refractivity contribution in [3.63, 3.8) is 0 Å². The highest BCUT2D eigenvalue weighted by Crippen LogP contribution is 2.42. The fourth-order valence-electron chi connectivity index (χ4n) is 3.95.